The molecule has 6 heteroatoms. The van der Waals surface area contributed by atoms with E-state index in [-0.39, 0.29) is 31.2 Å². The van der Waals surface area contributed by atoms with Crippen molar-refractivity contribution in [3.05, 3.63) is 95.3 Å². The van der Waals surface area contributed by atoms with Crippen LogP contribution in [-0.2, 0) is 16.1 Å². The van der Waals surface area contributed by atoms with Gasteiger partial charge >= 0.3 is 5.97 Å². The van der Waals surface area contributed by atoms with Crippen LogP contribution in [-0.4, -0.2) is 35.0 Å². The lowest BCUT2D eigenvalue weighted by Crippen LogP contribution is -2.20. The number of halogens is 1. The average molecular weight is 507 g/mol. The Morgan fingerprint density at radius 1 is 1.03 bits per heavy atom. The van der Waals surface area contributed by atoms with E-state index in [1.165, 1.54) is 12.1 Å². The van der Waals surface area contributed by atoms with Crippen molar-refractivity contribution in [3.8, 4) is 16.9 Å². The summed E-state index contributed by atoms with van der Waals surface area (Å²) in [4.78, 5) is 11.6. The molecule has 0 spiro atoms. The van der Waals surface area contributed by atoms with Gasteiger partial charge in [-0.1, -0.05) is 68.5 Å². The Morgan fingerprint density at radius 2 is 1.73 bits per heavy atom. The number of hydrogen-bond acceptors (Lipinski definition) is 5. The smallest absolute Gasteiger partial charge is 0.308 e. The van der Waals surface area contributed by atoms with E-state index in [1.54, 1.807) is 25.1 Å². The van der Waals surface area contributed by atoms with Gasteiger partial charge in [-0.2, -0.15) is 0 Å². The van der Waals surface area contributed by atoms with E-state index in [2.05, 4.69) is 13.8 Å². The lowest BCUT2D eigenvalue weighted by atomic mass is 9.89. The van der Waals surface area contributed by atoms with E-state index in [9.17, 15) is 19.4 Å². The van der Waals surface area contributed by atoms with Crippen molar-refractivity contribution in [1.29, 1.82) is 0 Å². The lowest BCUT2D eigenvalue weighted by Gasteiger charge is -2.19. The SMILES string of the molecule is CCOC(=O)CC(O)CC(O)/C=C/c1c(-c2ccc(F)cc2)cc(OCc2ccccc2)cc1C(C)C. The Hall–Kier alpha value is -3.48. The van der Waals surface area contributed by atoms with Crippen molar-refractivity contribution >= 4 is 12.0 Å². The number of ether oxygens (including phenoxy) is 2. The highest BCUT2D eigenvalue weighted by molar-refractivity contribution is 5.79. The molecule has 3 aromatic carbocycles. The van der Waals surface area contributed by atoms with E-state index in [1.807, 2.05) is 48.5 Å². The average Bonchev–Trinajstić information content (AvgIpc) is 2.87. The van der Waals surface area contributed by atoms with Crippen molar-refractivity contribution in [2.45, 2.75) is 58.3 Å². The lowest BCUT2D eigenvalue weighted by molar-refractivity contribution is -0.145. The van der Waals surface area contributed by atoms with E-state index >= 15 is 0 Å². The van der Waals surface area contributed by atoms with Gasteiger partial charge in [-0.15, -0.1) is 0 Å². The second-order valence-corrected chi connectivity index (χ2v) is 9.23. The molecule has 2 N–H and O–H groups in total. The topological polar surface area (TPSA) is 76.0 Å². The molecule has 0 amide bonds. The Labute approximate surface area is 218 Å². The molecule has 196 valence electrons. The summed E-state index contributed by atoms with van der Waals surface area (Å²) in [7, 11) is 0. The van der Waals surface area contributed by atoms with Crippen molar-refractivity contribution in [2.75, 3.05) is 6.61 Å². The number of rotatable bonds is 12. The molecule has 2 atom stereocenters. The largest absolute Gasteiger partial charge is 0.489 e. The number of aliphatic hydroxyl groups is 2. The summed E-state index contributed by atoms with van der Waals surface area (Å²) in [6.07, 6.45) is 1.25. The molecule has 0 saturated carbocycles. The number of aliphatic hydroxyl groups excluding tert-OH is 2. The molecule has 3 aromatic rings. The van der Waals surface area contributed by atoms with Crippen LogP contribution in [0, 0.1) is 5.82 Å². The summed E-state index contributed by atoms with van der Waals surface area (Å²) in [6.45, 7) is 6.49. The highest BCUT2D eigenvalue weighted by atomic mass is 19.1. The summed E-state index contributed by atoms with van der Waals surface area (Å²) in [5, 5.41) is 20.7. The number of carbonyl (C=O) groups is 1. The molecule has 0 saturated heterocycles. The quantitative estimate of drug-likeness (QED) is 0.283. The first-order valence-corrected chi connectivity index (χ1v) is 12.6. The molecule has 0 fully saturated rings. The fourth-order valence-corrected chi connectivity index (χ4v) is 4.06. The van der Waals surface area contributed by atoms with Crippen molar-refractivity contribution in [1.82, 2.24) is 0 Å². The van der Waals surface area contributed by atoms with Gasteiger partial charge in [0.15, 0.2) is 0 Å². The van der Waals surface area contributed by atoms with Gasteiger partial charge in [0.1, 0.15) is 18.2 Å². The van der Waals surface area contributed by atoms with Crippen LogP contribution in [0.15, 0.2) is 72.8 Å². The molecule has 0 aromatic heterocycles. The number of carbonyl (C=O) groups excluding carboxylic acids is 1. The van der Waals surface area contributed by atoms with Gasteiger partial charge in [-0.3, -0.25) is 4.79 Å². The Bertz CT molecular complexity index is 1170. The highest BCUT2D eigenvalue weighted by Crippen LogP contribution is 2.36. The highest BCUT2D eigenvalue weighted by Gasteiger charge is 2.17. The number of esters is 1. The number of hydrogen-bond donors (Lipinski definition) is 2. The van der Waals surface area contributed by atoms with E-state index in [0.29, 0.717) is 12.4 Å². The van der Waals surface area contributed by atoms with Crippen LogP contribution >= 0.6 is 0 Å². The minimum atomic E-state index is -1.02. The van der Waals surface area contributed by atoms with Crippen LogP contribution < -0.4 is 4.74 Å². The summed E-state index contributed by atoms with van der Waals surface area (Å²) >= 11 is 0. The minimum absolute atomic E-state index is 0.00349. The van der Waals surface area contributed by atoms with E-state index < -0.39 is 18.2 Å². The zero-order valence-corrected chi connectivity index (χ0v) is 21.6. The van der Waals surface area contributed by atoms with Crippen LogP contribution in [0.2, 0.25) is 0 Å². The van der Waals surface area contributed by atoms with Crippen LogP contribution in [0.5, 0.6) is 5.75 Å². The molecular weight excluding hydrogens is 471 g/mol. The Kier molecular flexibility index (Phi) is 10.4. The molecule has 2 unspecified atom stereocenters. The van der Waals surface area contributed by atoms with Gasteiger partial charge in [0.2, 0.25) is 0 Å². The summed E-state index contributed by atoms with van der Waals surface area (Å²) in [5.41, 5.74) is 4.56. The van der Waals surface area contributed by atoms with Crippen molar-refractivity contribution in [2.24, 2.45) is 0 Å². The van der Waals surface area contributed by atoms with Gasteiger partial charge in [0, 0.05) is 6.42 Å². The fraction of sp³-hybridized carbons (Fsp3) is 0.323. The predicted molar refractivity (Wildman–Crippen MR) is 144 cm³/mol. The minimum Gasteiger partial charge on any atom is -0.489 e. The van der Waals surface area contributed by atoms with Gasteiger partial charge in [-0.05, 0) is 64.9 Å². The molecule has 0 radical (unpaired) electrons. The molecule has 0 aliphatic rings. The van der Waals surface area contributed by atoms with Crippen molar-refractivity contribution in [3.63, 3.8) is 0 Å². The first kappa shape index (κ1) is 28.1. The molecular formula is C31H35FO5. The summed E-state index contributed by atoms with van der Waals surface area (Å²) < 4.78 is 24.7. The maximum absolute atomic E-state index is 13.7. The van der Waals surface area contributed by atoms with Crippen molar-refractivity contribution < 1.29 is 28.9 Å². The third kappa shape index (κ3) is 8.55. The van der Waals surface area contributed by atoms with Gasteiger partial charge < -0.3 is 19.7 Å². The zero-order chi connectivity index (χ0) is 26.8. The fourth-order valence-electron chi connectivity index (χ4n) is 4.06. The second kappa shape index (κ2) is 13.7. The predicted octanol–water partition coefficient (Wildman–Crippen LogP) is 6.27. The van der Waals surface area contributed by atoms with Gasteiger partial charge in [-0.25, -0.2) is 4.39 Å². The second-order valence-electron chi connectivity index (χ2n) is 9.23. The molecule has 5 nitrogen and oxygen atoms in total. The van der Waals surface area contributed by atoms with E-state index in [0.717, 1.165) is 27.8 Å². The molecule has 37 heavy (non-hydrogen) atoms. The zero-order valence-electron chi connectivity index (χ0n) is 21.6. The first-order chi connectivity index (χ1) is 17.8. The maximum atomic E-state index is 13.7. The Balaban J connectivity index is 1.92. The van der Waals surface area contributed by atoms with Gasteiger partial charge in [0.05, 0.1) is 25.2 Å². The normalized spacial score (nSPS) is 13.1. The van der Waals surface area contributed by atoms with Crippen LogP contribution in [0.25, 0.3) is 17.2 Å². The monoisotopic (exact) mass is 506 g/mol. The number of benzene rings is 3. The molecule has 0 bridgehead atoms. The standard InChI is InChI=1S/C31H35FO5/c1-4-36-31(35)17-26(34)16-25(33)14-15-28-29(21(2)3)18-27(37-20-22-8-6-5-7-9-22)19-30(28)23-10-12-24(32)13-11-23/h5-15,18-19,21,25-26,33-34H,4,16-17,20H2,1-3H3/b15-14+. The Morgan fingerprint density at radius 3 is 2.38 bits per heavy atom. The summed E-state index contributed by atoms with van der Waals surface area (Å²) in [5.74, 6) is -0.00881. The van der Waals surface area contributed by atoms with E-state index in [4.69, 9.17) is 9.47 Å². The first-order valence-electron chi connectivity index (χ1n) is 12.6. The maximum Gasteiger partial charge on any atom is 0.308 e. The third-order valence-electron chi connectivity index (χ3n) is 5.92. The third-order valence-corrected chi connectivity index (χ3v) is 5.92. The molecule has 3 rings (SSSR count). The molecule has 0 aliphatic carbocycles. The van der Waals surface area contributed by atoms with Crippen LogP contribution in [0.4, 0.5) is 4.39 Å². The molecule has 0 heterocycles. The van der Waals surface area contributed by atoms with Crippen LogP contribution in [0.1, 0.15) is 56.2 Å². The summed E-state index contributed by atoms with van der Waals surface area (Å²) in [6, 6.07) is 20.0. The molecule has 0 aliphatic heterocycles. The van der Waals surface area contributed by atoms with Gasteiger partial charge in [0.25, 0.3) is 0 Å². The van der Waals surface area contributed by atoms with Crippen LogP contribution in [0.3, 0.4) is 0 Å².